The van der Waals surface area contributed by atoms with Gasteiger partial charge in [-0.25, -0.2) is 0 Å². The predicted octanol–water partition coefficient (Wildman–Crippen LogP) is 3.44. The lowest BCUT2D eigenvalue weighted by Gasteiger charge is -2.40. The van der Waals surface area contributed by atoms with E-state index in [2.05, 4.69) is 42.5 Å². The number of anilines is 3. The minimum Gasteiger partial charge on any atom is -0.507 e. The summed E-state index contributed by atoms with van der Waals surface area (Å²) in [4.78, 5) is 53.2. The molecule has 3 unspecified atom stereocenters. The molecule has 5 N–H and O–H groups in total. The van der Waals surface area contributed by atoms with Crippen molar-refractivity contribution in [3.63, 3.8) is 0 Å². The summed E-state index contributed by atoms with van der Waals surface area (Å²) in [6.07, 6.45) is 6.81. The number of morpholine rings is 1. The number of nitrogens with two attached hydrogens (primary N) is 1. The van der Waals surface area contributed by atoms with Crippen molar-refractivity contribution in [2.45, 2.75) is 51.2 Å². The first-order valence-electron chi connectivity index (χ1n) is 19.9. The van der Waals surface area contributed by atoms with Crippen LogP contribution in [0.4, 0.5) is 17.2 Å². The molecule has 2 aromatic carbocycles. The molecule has 3 aromatic rings. The van der Waals surface area contributed by atoms with Gasteiger partial charge < -0.3 is 35.9 Å². The number of ether oxygens (including phenoxy) is 1. The number of likely N-dealkylation sites (N-methyl/N-ethyl adjacent to an activating group) is 1. The Hall–Kier alpha value is -4.96. The fraction of sp³-hybridized carbons (Fsp3) is 0.524. The first-order chi connectivity index (χ1) is 27.6. The summed E-state index contributed by atoms with van der Waals surface area (Å²) in [5.74, 6) is 0.980. The molecule has 1 amide bonds. The summed E-state index contributed by atoms with van der Waals surface area (Å²) >= 11 is 0. The zero-order valence-corrected chi connectivity index (χ0v) is 33.9. The van der Waals surface area contributed by atoms with Crippen LogP contribution in [0.3, 0.4) is 0 Å². The lowest BCUT2D eigenvalue weighted by atomic mass is 9.96. The van der Waals surface area contributed by atoms with Crippen LogP contribution in [0, 0.1) is 5.92 Å². The minimum atomic E-state index is -0.151. The largest absolute Gasteiger partial charge is 0.507 e. The summed E-state index contributed by atoms with van der Waals surface area (Å²) in [5, 5.41) is 24.4. The van der Waals surface area contributed by atoms with E-state index < -0.39 is 0 Å². The van der Waals surface area contributed by atoms with E-state index in [1.165, 1.54) is 6.42 Å². The van der Waals surface area contributed by atoms with Gasteiger partial charge in [0.15, 0.2) is 18.4 Å². The van der Waals surface area contributed by atoms with E-state index in [0.717, 1.165) is 96.4 Å². The number of piperidine rings is 1. The van der Waals surface area contributed by atoms with Crippen LogP contribution >= 0.6 is 0 Å². The van der Waals surface area contributed by atoms with E-state index in [1.54, 1.807) is 36.2 Å². The van der Waals surface area contributed by atoms with Crippen molar-refractivity contribution in [2.24, 2.45) is 5.92 Å². The SMILES string of the molecule is CCCN(CCNc1cc(-c2ccccc2O)nnc1N)CC1CN(CC2CCCN(c3ccc(C=O)c(C=O)c3)C2)CCO1.CNC(=O)CCC(C=O)N(C)C. The van der Waals surface area contributed by atoms with Crippen molar-refractivity contribution in [2.75, 3.05) is 103 Å². The smallest absolute Gasteiger partial charge is 0.219 e. The number of nitrogen functional groups attached to an aromatic ring is 1. The topological polar surface area (TPSA) is 187 Å². The number of benzene rings is 2. The number of hydrogen-bond donors (Lipinski definition) is 4. The van der Waals surface area contributed by atoms with Gasteiger partial charge in [-0.05, 0) is 88.6 Å². The second-order valence-corrected chi connectivity index (χ2v) is 14.9. The molecule has 15 nitrogen and oxygen atoms in total. The lowest BCUT2D eigenvalue weighted by Crippen LogP contribution is -2.50. The molecule has 2 aliphatic heterocycles. The summed E-state index contributed by atoms with van der Waals surface area (Å²) in [5.41, 5.74) is 9.89. The minimum absolute atomic E-state index is 0.0244. The third kappa shape index (κ3) is 13.9. The van der Waals surface area contributed by atoms with E-state index in [-0.39, 0.29) is 23.8 Å². The van der Waals surface area contributed by atoms with Gasteiger partial charge in [0.05, 0.1) is 30.1 Å². The second-order valence-electron chi connectivity index (χ2n) is 14.9. The summed E-state index contributed by atoms with van der Waals surface area (Å²) in [6, 6.07) is 14.3. The highest BCUT2D eigenvalue weighted by molar-refractivity contribution is 5.91. The Bertz CT molecular complexity index is 1740. The molecule has 310 valence electrons. The molecule has 0 saturated carbocycles. The Balaban J connectivity index is 0.000000519. The lowest BCUT2D eigenvalue weighted by molar-refractivity contribution is -0.121. The molecular weight excluding hydrogens is 727 g/mol. The fourth-order valence-electron chi connectivity index (χ4n) is 7.30. The maximum atomic E-state index is 11.5. The Labute approximate surface area is 336 Å². The van der Waals surface area contributed by atoms with Gasteiger partial charge in [-0.2, -0.15) is 0 Å². The number of carbonyl (C=O) groups is 4. The number of para-hydroxylation sites is 1. The molecule has 1 aromatic heterocycles. The molecule has 0 aliphatic carbocycles. The molecule has 57 heavy (non-hydrogen) atoms. The van der Waals surface area contributed by atoms with Crippen LogP contribution in [-0.4, -0.2) is 154 Å². The molecule has 0 spiro atoms. The highest BCUT2D eigenvalue weighted by atomic mass is 16.5. The van der Waals surface area contributed by atoms with Crippen molar-refractivity contribution in [1.29, 1.82) is 0 Å². The van der Waals surface area contributed by atoms with Gasteiger partial charge in [0.2, 0.25) is 5.91 Å². The number of nitrogens with zero attached hydrogens (tertiary/aromatic N) is 6. The summed E-state index contributed by atoms with van der Waals surface area (Å²) < 4.78 is 6.23. The number of aldehydes is 3. The number of carbonyl (C=O) groups excluding carboxylic acids is 4. The molecule has 3 atom stereocenters. The molecule has 2 fully saturated rings. The summed E-state index contributed by atoms with van der Waals surface area (Å²) in [6.45, 7) is 11.0. The Morgan fingerprint density at radius 3 is 2.54 bits per heavy atom. The highest BCUT2D eigenvalue weighted by Crippen LogP contribution is 2.30. The normalized spacial score (nSPS) is 17.7. The zero-order valence-electron chi connectivity index (χ0n) is 33.9. The van der Waals surface area contributed by atoms with Crippen LogP contribution in [-0.2, 0) is 14.3 Å². The van der Waals surface area contributed by atoms with Crippen molar-refractivity contribution >= 4 is 42.0 Å². The van der Waals surface area contributed by atoms with Crippen molar-refractivity contribution in [3.05, 3.63) is 59.7 Å². The monoisotopic (exact) mass is 787 g/mol. The van der Waals surface area contributed by atoms with Crippen molar-refractivity contribution < 1.29 is 29.0 Å². The van der Waals surface area contributed by atoms with Crippen LogP contribution in [0.15, 0.2) is 48.5 Å². The number of aromatic nitrogens is 2. The van der Waals surface area contributed by atoms with Gasteiger partial charge in [0.25, 0.3) is 0 Å². The van der Waals surface area contributed by atoms with Gasteiger partial charge in [-0.3, -0.25) is 29.1 Å². The summed E-state index contributed by atoms with van der Waals surface area (Å²) in [7, 11) is 5.24. The Kier molecular flexibility index (Phi) is 18.3. The van der Waals surface area contributed by atoms with Gasteiger partial charge in [0.1, 0.15) is 12.0 Å². The second kappa shape index (κ2) is 23.3. The number of rotatable bonds is 19. The molecule has 0 bridgehead atoms. The first-order valence-corrected chi connectivity index (χ1v) is 19.9. The van der Waals surface area contributed by atoms with Crippen LogP contribution in [0.5, 0.6) is 5.75 Å². The average molecular weight is 788 g/mol. The van der Waals surface area contributed by atoms with E-state index >= 15 is 0 Å². The van der Waals surface area contributed by atoms with Gasteiger partial charge >= 0.3 is 0 Å². The average Bonchev–Trinajstić information content (AvgIpc) is 3.22. The Morgan fingerprint density at radius 2 is 1.84 bits per heavy atom. The number of aromatic hydroxyl groups is 1. The molecule has 0 radical (unpaired) electrons. The van der Waals surface area contributed by atoms with Crippen LogP contribution < -0.4 is 21.3 Å². The molecule has 5 rings (SSSR count). The number of amides is 1. The van der Waals surface area contributed by atoms with Crippen LogP contribution in [0.2, 0.25) is 0 Å². The van der Waals surface area contributed by atoms with E-state index in [0.29, 0.717) is 59.2 Å². The molecular formula is C42H61N9O6. The molecule has 2 saturated heterocycles. The number of phenolic OH excluding ortho intramolecular Hbond substituents is 1. The van der Waals surface area contributed by atoms with Gasteiger partial charge in [-0.1, -0.05) is 19.1 Å². The third-order valence-electron chi connectivity index (χ3n) is 10.5. The third-order valence-corrected chi connectivity index (χ3v) is 10.5. The maximum absolute atomic E-state index is 11.5. The van der Waals surface area contributed by atoms with E-state index in [1.807, 2.05) is 38.4 Å². The molecule has 15 heteroatoms. The van der Waals surface area contributed by atoms with Crippen LogP contribution in [0.25, 0.3) is 11.3 Å². The fourth-order valence-corrected chi connectivity index (χ4v) is 7.30. The quantitative estimate of drug-likeness (QED) is 0.130. The zero-order chi connectivity index (χ0) is 41.2. The first kappa shape index (κ1) is 44.8. The van der Waals surface area contributed by atoms with Crippen LogP contribution in [0.1, 0.15) is 59.7 Å². The maximum Gasteiger partial charge on any atom is 0.219 e. The standard InChI is InChI=1S/C34H45N7O4.C8H16N2O2/c1-2-12-39(14-11-36-32-18-31(37-38-34(32)35)30-7-3-4-8-33(30)44)21-29-22-40(15-16-45-29)19-25-6-5-13-41(20-25)28-10-9-26(23-42)27(17-28)24-43;1-9-8(12)5-4-7(6-11)10(2)3/h3-4,7-10,17-18,23-25,29,44H,2,5-6,11-16,19-22H2,1H3,(H2,35,38)(H,36,37);6-7H,4-5H2,1-3H3,(H,9,12). The number of phenols is 1. The molecule has 3 heterocycles. The Morgan fingerprint density at radius 1 is 1.05 bits per heavy atom. The van der Waals surface area contributed by atoms with Crippen molar-refractivity contribution in [1.82, 2.24) is 30.2 Å². The predicted molar refractivity (Wildman–Crippen MR) is 224 cm³/mol. The van der Waals surface area contributed by atoms with E-state index in [9.17, 15) is 24.3 Å². The van der Waals surface area contributed by atoms with Gasteiger partial charge in [-0.15, -0.1) is 10.2 Å². The highest BCUT2D eigenvalue weighted by Gasteiger charge is 2.27. The number of nitrogens with one attached hydrogen (secondary N) is 2. The van der Waals surface area contributed by atoms with Crippen molar-refractivity contribution in [3.8, 4) is 17.0 Å². The number of hydrogen-bond acceptors (Lipinski definition) is 14. The van der Waals surface area contributed by atoms with Gasteiger partial charge in [0, 0.05) is 88.2 Å². The van der Waals surface area contributed by atoms with E-state index in [4.69, 9.17) is 10.5 Å². The molecule has 2 aliphatic rings.